The smallest absolute Gasteiger partial charge is 0.276 e. The second-order valence-electron chi connectivity index (χ2n) is 3.74. The zero-order valence-corrected chi connectivity index (χ0v) is 11.8. The van der Waals surface area contributed by atoms with Crippen LogP contribution in [0, 0.1) is 11.6 Å². The molecule has 8 heteroatoms. The van der Waals surface area contributed by atoms with E-state index in [1.165, 1.54) is 12.4 Å². The molecule has 2 N–H and O–H groups in total. The molecular formula is C12H9BrF2N4O. The highest BCUT2D eigenvalue weighted by Gasteiger charge is 2.14. The third-order valence-corrected chi connectivity index (χ3v) is 2.99. The lowest BCUT2D eigenvalue weighted by Crippen LogP contribution is -2.15. The van der Waals surface area contributed by atoms with E-state index in [2.05, 4.69) is 36.5 Å². The van der Waals surface area contributed by atoms with Gasteiger partial charge < -0.3 is 10.6 Å². The van der Waals surface area contributed by atoms with Gasteiger partial charge in [-0.05, 0) is 22.0 Å². The van der Waals surface area contributed by atoms with Gasteiger partial charge in [-0.2, -0.15) is 0 Å². The fraction of sp³-hybridized carbons (Fsp3) is 0.0833. The normalized spacial score (nSPS) is 10.2. The summed E-state index contributed by atoms with van der Waals surface area (Å²) in [5.74, 6) is -1.88. The van der Waals surface area contributed by atoms with Crippen LogP contribution in [-0.2, 0) is 0 Å². The molecule has 5 nitrogen and oxygen atoms in total. The Morgan fingerprint density at radius 3 is 2.70 bits per heavy atom. The Labute approximate surface area is 121 Å². The van der Waals surface area contributed by atoms with Crippen LogP contribution in [0.1, 0.15) is 10.5 Å². The Balaban J connectivity index is 2.25. The van der Waals surface area contributed by atoms with Gasteiger partial charge in [0.15, 0.2) is 0 Å². The van der Waals surface area contributed by atoms with Gasteiger partial charge in [0.2, 0.25) is 0 Å². The summed E-state index contributed by atoms with van der Waals surface area (Å²) < 4.78 is 26.7. The van der Waals surface area contributed by atoms with Crippen LogP contribution in [0.15, 0.2) is 29.0 Å². The third kappa shape index (κ3) is 3.08. The van der Waals surface area contributed by atoms with Crippen molar-refractivity contribution in [3.8, 4) is 0 Å². The Morgan fingerprint density at radius 2 is 2.00 bits per heavy atom. The second kappa shape index (κ2) is 5.91. The highest BCUT2D eigenvalue weighted by atomic mass is 79.9. The molecule has 0 saturated carbocycles. The Morgan fingerprint density at radius 1 is 1.25 bits per heavy atom. The minimum Gasteiger partial charge on any atom is -0.372 e. The van der Waals surface area contributed by atoms with Gasteiger partial charge in [0, 0.05) is 13.1 Å². The summed E-state index contributed by atoms with van der Waals surface area (Å²) in [4.78, 5) is 19.7. The first-order valence-corrected chi connectivity index (χ1v) is 6.26. The van der Waals surface area contributed by atoms with Crippen molar-refractivity contribution >= 4 is 33.3 Å². The summed E-state index contributed by atoms with van der Waals surface area (Å²) in [6.07, 6.45) is 2.68. The van der Waals surface area contributed by atoms with Crippen molar-refractivity contribution in [1.82, 2.24) is 9.97 Å². The van der Waals surface area contributed by atoms with Gasteiger partial charge in [-0.25, -0.2) is 13.8 Å². The fourth-order valence-electron chi connectivity index (χ4n) is 1.40. The SMILES string of the molecule is CNc1cncc(C(=O)Nc2cc(Br)c(F)cc2F)n1. The number of nitrogens with zero attached hydrogens (tertiary/aromatic N) is 2. The Kier molecular flexibility index (Phi) is 4.23. The van der Waals surface area contributed by atoms with Gasteiger partial charge in [0.25, 0.3) is 5.91 Å². The quantitative estimate of drug-likeness (QED) is 0.841. The first kappa shape index (κ1) is 14.3. The summed E-state index contributed by atoms with van der Waals surface area (Å²) in [5, 5.41) is 5.03. The minimum absolute atomic E-state index is 0.0108. The maximum absolute atomic E-state index is 13.5. The Hall–Kier alpha value is -2.09. The molecule has 0 unspecified atom stereocenters. The van der Waals surface area contributed by atoms with Crippen LogP contribution in [0.2, 0.25) is 0 Å². The van der Waals surface area contributed by atoms with Crippen molar-refractivity contribution in [1.29, 1.82) is 0 Å². The number of nitrogens with one attached hydrogen (secondary N) is 2. The molecule has 1 aromatic carbocycles. The van der Waals surface area contributed by atoms with Crippen LogP contribution in [0.3, 0.4) is 0 Å². The second-order valence-corrected chi connectivity index (χ2v) is 4.59. The zero-order valence-electron chi connectivity index (χ0n) is 10.2. The summed E-state index contributed by atoms with van der Waals surface area (Å²) in [6, 6.07) is 1.81. The number of benzene rings is 1. The van der Waals surface area contributed by atoms with E-state index in [1.807, 2.05) is 0 Å². The maximum atomic E-state index is 13.5. The predicted octanol–water partition coefficient (Wildman–Crippen LogP) is 2.81. The van der Waals surface area contributed by atoms with E-state index < -0.39 is 17.5 Å². The van der Waals surface area contributed by atoms with Gasteiger partial charge in [-0.15, -0.1) is 0 Å². The number of aromatic nitrogens is 2. The average molecular weight is 343 g/mol. The van der Waals surface area contributed by atoms with E-state index in [0.29, 0.717) is 11.9 Å². The number of anilines is 2. The summed E-state index contributed by atoms with van der Waals surface area (Å²) >= 11 is 2.92. The summed E-state index contributed by atoms with van der Waals surface area (Å²) in [7, 11) is 1.63. The summed E-state index contributed by atoms with van der Waals surface area (Å²) in [5.41, 5.74) is -0.142. The predicted molar refractivity (Wildman–Crippen MR) is 73.6 cm³/mol. The number of halogens is 3. The fourth-order valence-corrected chi connectivity index (χ4v) is 1.74. The molecule has 0 aliphatic heterocycles. The van der Waals surface area contributed by atoms with Gasteiger partial charge in [-0.1, -0.05) is 0 Å². The van der Waals surface area contributed by atoms with Crippen molar-refractivity contribution in [2.24, 2.45) is 0 Å². The van der Waals surface area contributed by atoms with Crippen LogP contribution in [-0.4, -0.2) is 22.9 Å². The zero-order chi connectivity index (χ0) is 14.7. The number of hydrogen-bond acceptors (Lipinski definition) is 4. The first-order chi connectivity index (χ1) is 9.51. The molecule has 1 heterocycles. The molecule has 0 saturated heterocycles. The number of amides is 1. The average Bonchev–Trinajstić information content (AvgIpc) is 2.44. The highest BCUT2D eigenvalue weighted by molar-refractivity contribution is 9.10. The van der Waals surface area contributed by atoms with E-state index in [0.717, 1.165) is 6.07 Å². The molecule has 2 aromatic rings. The third-order valence-electron chi connectivity index (χ3n) is 2.38. The Bertz CT molecular complexity index is 666. The molecule has 0 fully saturated rings. The topological polar surface area (TPSA) is 66.9 Å². The molecule has 0 radical (unpaired) electrons. The molecule has 2 rings (SSSR count). The molecule has 1 amide bonds. The molecule has 0 aliphatic carbocycles. The monoisotopic (exact) mass is 342 g/mol. The standard InChI is InChI=1S/C12H9BrF2N4O/c1-16-11-5-17-4-10(18-11)12(20)19-9-2-6(13)7(14)3-8(9)15/h2-5H,1H3,(H,16,18)(H,19,20). The molecule has 0 aliphatic rings. The summed E-state index contributed by atoms with van der Waals surface area (Å²) in [6.45, 7) is 0. The lowest BCUT2D eigenvalue weighted by atomic mass is 10.3. The van der Waals surface area contributed by atoms with Crippen LogP contribution < -0.4 is 10.6 Å². The number of hydrogen-bond donors (Lipinski definition) is 2. The number of carbonyl (C=O) groups is 1. The van der Waals surface area contributed by atoms with Crippen molar-refractivity contribution in [2.45, 2.75) is 0 Å². The highest BCUT2D eigenvalue weighted by Crippen LogP contribution is 2.24. The number of carbonyl (C=O) groups excluding carboxylic acids is 1. The first-order valence-electron chi connectivity index (χ1n) is 5.47. The molecule has 1 aromatic heterocycles. The molecule has 104 valence electrons. The van der Waals surface area contributed by atoms with Crippen molar-refractivity contribution in [3.63, 3.8) is 0 Å². The number of rotatable bonds is 3. The van der Waals surface area contributed by atoms with Crippen molar-refractivity contribution in [2.75, 3.05) is 17.7 Å². The van der Waals surface area contributed by atoms with E-state index in [9.17, 15) is 13.6 Å². The van der Waals surface area contributed by atoms with E-state index in [1.54, 1.807) is 7.05 Å². The van der Waals surface area contributed by atoms with Crippen LogP contribution in [0.5, 0.6) is 0 Å². The molecule has 0 atom stereocenters. The van der Waals surface area contributed by atoms with Crippen LogP contribution in [0.4, 0.5) is 20.3 Å². The molecule has 20 heavy (non-hydrogen) atoms. The van der Waals surface area contributed by atoms with E-state index in [-0.39, 0.29) is 15.9 Å². The maximum Gasteiger partial charge on any atom is 0.276 e. The van der Waals surface area contributed by atoms with Crippen LogP contribution >= 0.6 is 15.9 Å². The molecule has 0 bridgehead atoms. The van der Waals surface area contributed by atoms with Crippen molar-refractivity contribution < 1.29 is 13.6 Å². The van der Waals surface area contributed by atoms with Crippen LogP contribution in [0.25, 0.3) is 0 Å². The van der Waals surface area contributed by atoms with E-state index in [4.69, 9.17) is 0 Å². The van der Waals surface area contributed by atoms with Gasteiger partial charge >= 0.3 is 0 Å². The van der Waals surface area contributed by atoms with Gasteiger partial charge in [-0.3, -0.25) is 9.78 Å². The lowest BCUT2D eigenvalue weighted by molar-refractivity contribution is 0.102. The molecule has 0 spiro atoms. The largest absolute Gasteiger partial charge is 0.372 e. The molecular weight excluding hydrogens is 334 g/mol. The van der Waals surface area contributed by atoms with E-state index >= 15 is 0 Å². The van der Waals surface area contributed by atoms with Gasteiger partial charge in [0.1, 0.15) is 23.1 Å². The lowest BCUT2D eigenvalue weighted by Gasteiger charge is -2.07. The minimum atomic E-state index is -0.878. The van der Waals surface area contributed by atoms with Crippen molar-refractivity contribution in [3.05, 3.63) is 46.3 Å². The van der Waals surface area contributed by atoms with Gasteiger partial charge in [0.05, 0.1) is 22.6 Å².